The minimum absolute atomic E-state index is 0.109. The van der Waals surface area contributed by atoms with Crippen LogP contribution < -0.4 is 27.0 Å². The average molecular weight is 648 g/mol. The SMILES string of the molecule is Cn1c(NNc2nc(NCc3cccc(Cl)c3)nc(NCc3cccc(Cl)c3)n2)nc(-c2ccc(Cl)cc2)c(CC#N)c1=O. The van der Waals surface area contributed by atoms with Crippen molar-refractivity contribution in [2.75, 3.05) is 21.5 Å². The first-order chi connectivity index (χ1) is 21.3. The summed E-state index contributed by atoms with van der Waals surface area (Å²) in [6, 6.07) is 23.8. The maximum atomic E-state index is 13.2. The third kappa shape index (κ3) is 7.73. The monoisotopic (exact) mass is 646 g/mol. The summed E-state index contributed by atoms with van der Waals surface area (Å²) in [5.41, 5.74) is 8.61. The molecule has 2 aromatic heterocycles. The van der Waals surface area contributed by atoms with Gasteiger partial charge in [0.05, 0.1) is 23.7 Å². The van der Waals surface area contributed by atoms with E-state index in [-0.39, 0.29) is 41.3 Å². The Bertz CT molecular complexity index is 1820. The van der Waals surface area contributed by atoms with Gasteiger partial charge in [0.2, 0.25) is 23.8 Å². The van der Waals surface area contributed by atoms with Gasteiger partial charge in [-0.2, -0.15) is 20.2 Å². The lowest BCUT2D eigenvalue weighted by atomic mass is 10.1. The molecule has 0 saturated carbocycles. The molecule has 11 nitrogen and oxygen atoms in total. The van der Waals surface area contributed by atoms with Gasteiger partial charge in [-0.05, 0) is 47.5 Å². The molecule has 2 heterocycles. The highest BCUT2D eigenvalue weighted by Gasteiger charge is 2.17. The Morgan fingerprint density at radius 1 is 0.750 bits per heavy atom. The summed E-state index contributed by atoms with van der Waals surface area (Å²) < 4.78 is 1.30. The number of anilines is 4. The predicted molar refractivity (Wildman–Crippen MR) is 174 cm³/mol. The van der Waals surface area contributed by atoms with Gasteiger partial charge in [0.15, 0.2) is 0 Å². The molecule has 14 heteroatoms. The topological polar surface area (TPSA) is 145 Å². The van der Waals surface area contributed by atoms with E-state index in [0.29, 0.717) is 39.4 Å². The highest BCUT2D eigenvalue weighted by atomic mass is 35.5. The van der Waals surface area contributed by atoms with E-state index in [4.69, 9.17) is 34.8 Å². The summed E-state index contributed by atoms with van der Waals surface area (Å²) in [4.78, 5) is 31.3. The van der Waals surface area contributed by atoms with Crippen LogP contribution in [-0.2, 0) is 26.6 Å². The van der Waals surface area contributed by atoms with Crippen molar-refractivity contribution in [1.82, 2.24) is 24.5 Å². The number of hydrogen-bond donors (Lipinski definition) is 4. The average Bonchev–Trinajstić information content (AvgIpc) is 3.01. The van der Waals surface area contributed by atoms with Crippen LogP contribution in [0.15, 0.2) is 77.6 Å². The van der Waals surface area contributed by atoms with E-state index >= 15 is 0 Å². The summed E-state index contributed by atoms with van der Waals surface area (Å²) >= 11 is 18.3. The summed E-state index contributed by atoms with van der Waals surface area (Å²) in [6.45, 7) is 0.818. The molecule has 4 N–H and O–H groups in total. The Kier molecular flexibility index (Phi) is 9.76. The van der Waals surface area contributed by atoms with E-state index in [9.17, 15) is 10.1 Å². The number of hydrogen-bond acceptors (Lipinski definition) is 10. The fourth-order valence-electron chi connectivity index (χ4n) is 4.20. The Morgan fingerprint density at radius 3 is 1.86 bits per heavy atom. The normalized spacial score (nSPS) is 10.6. The fourth-order valence-corrected chi connectivity index (χ4v) is 4.75. The van der Waals surface area contributed by atoms with Crippen molar-refractivity contribution in [2.24, 2.45) is 7.05 Å². The van der Waals surface area contributed by atoms with Gasteiger partial charge >= 0.3 is 0 Å². The molecule has 44 heavy (non-hydrogen) atoms. The van der Waals surface area contributed by atoms with E-state index in [2.05, 4.69) is 41.4 Å². The van der Waals surface area contributed by atoms with Gasteiger partial charge in [0, 0.05) is 40.8 Å². The highest BCUT2D eigenvalue weighted by Crippen LogP contribution is 2.24. The molecule has 0 amide bonds. The van der Waals surface area contributed by atoms with Gasteiger partial charge in [0.1, 0.15) is 0 Å². The highest BCUT2D eigenvalue weighted by molar-refractivity contribution is 6.31. The first kappa shape index (κ1) is 30.6. The molecule has 222 valence electrons. The van der Waals surface area contributed by atoms with Crippen LogP contribution in [0, 0.1) is 11.3 Å². The lowest BCUT2D eigenvalue weighted by Crippen LogP contribution is -2.28. The third-order valence-corrected chi connectivity index (χ3v) is 7.08. The molecular weight excluding hydrogens is 623 g/mol. The summed E-state index contributed by atoms with van der Waals surface area (Å²) in [6.07, 6.45) is -0.109. The molecule has 0 aliphatic heterocycles. The predicted octanol–water partition coefficient (Wildman–Crippen LogP) is 6.32. The van der Waals surface area contributed by atoms with Gasteiger partial charge in [-0.1, -0.05) is 71.2 Å². The molecule has 0 fully saturated rings. The van der Waals surface area contributed by atoms with E-state index < -0.39 is 0 Å². The first-order valence-corrected chi connectivity index (χ1v) is 14.4. The van der Waals surface area contributed by atoms with Gasteiger partial charge in [-0.25, -0.2) is 4.98 Å². The Labute approximate surface area is 267 Å². The molecule has 0 unspecified atom stereocenters. The standard InChI is InChI=1S/C30H25Cl3N10O/c1-43-26(44)24(12-13-34)25(20-8-10-21(31)11-9-20)37-30(43)42-41-29-39-27(35-16-18-4-2-6-22(32)14-18)38-28(40-29)36-17-19-5-3-7-23(33)15-19/h2-11,14-15H,12,16-17H2,1H3,(H,37,42)(H3,35,36,38,39,40,41). The van der Waals surface area contributed by atoms with E-state index in [0.717, 1.165) is 11.1 Å². The van der Waals surface area contributed by atoms with Crippen LogP contribution >= 0.6 is 34.8 Å². The number of nitriles is 1. The maximum Gasteiger partial charge on any atom is 0.259 e. The molecule has 0 saturated heterocycles. The second-order valence-electron chi connectivity index (χ2n) is 9.49. The largest absolute Gasteiger partial charge is 0.350 e. The summed E-state index contributed by atoms with van der Waals surface area (Å²) in [7, 11) is 1.55. The molecular formula is C30H25Cl3N10O. The van der Waals surface area contributed by atoms with Crippen molar-refractivity contribution in [3.8, 4) is 17.3 Å². The quantitative estimate of drug-likeness (QED) is 0.120. The molecule has 5 rings (SSSR count). The summed E-state index contributed by atoms with van der Waals surface area (Å²) in [5, 5.41) is 17.5. The third-order valence-electron chi connectivity index (χ3n) is 6.36. The molecule has 3 aromatic carbocycles. The van der Waals surface area contributed by atoms with Crippen LogP contribution in [0.5, 0.6) is 0 Å². The zero-order valence-corrected chi connectivity index (χ0v) is 25.5. The van der Waals surface area contributed by atoms with Crippen LogP contribution in [0.4, 0.5) is 23.8 Å². The Hall–Kier alpha value is -4.89. The molecule has 0 atom stereocenters. The molecule has 0 aliphatic carbocycles. The van der Waals surface area contributed by atoms with Crippen LogP contribution in [-0.4, -0.2) is 24.5 Å². The maximum absolute atomic E-state index is 13.2. The number of rotatable bonds is 11. The van der Waals surface area contributed by atoms with Crippen molar-refractivity contribution >= 4 is 58.6 Å². The molecule has 0 spiro atoms. The van der Waals surface area contributed by atoms with Crippen molar-refractivity contribution in [3.63, 3.8) is 0 Å². The molecule has 0 radical (unpaired) electrons. The van der Waals surface area contributed by atoms with Crippen LogP contribution in [0.25, 0.3) is 11.3 Å². The van der Waals surface area contributed by atoms with Crippen LogP contribution in [0.2, 0.25) is 15.1 Å². The number of halogens is 3. The number of aromatic nitrogens is 5. The fraction of sp³-hybridized carbons (Fsp3) is 0.133. The zero-order valence-electron chi connectivity index (χ0n) is 23.3. The number of hydrazine groups is 1. The first-order valence-electron chi connectivity index (χ1n) is 13.3. The van der Waals surface area contributed by atoms with Gasteiger partial charge in [-0.3, -0.25) is 20.2 Å². The van der Waals surface area contributed by atoms with E-state index in [1.807, 2.05) is 42.5 Å². The second kappa shape index (κ2) is 14.1. The minimum atomic E-state index is -0.376. The Morgan fingerprint density at radius 2 is 1.32 bits per heavy atom. The van der Waals surface area contributed by atoms with Gasteiger partial charge in [0.25, 0.3) is 5.56 Å². The van der Waals surface area contributed by atoms with E-state index in [1.165, 1.54) is 4.57 Å². The molecule has 5 aromatic rings. The minimum Gasteiger partial charge on any atom is -0.350 e. The van der Waals surface area contributed by atoms with Crippen molar-refractivity contribution in [2.45, 2.75) is 19.5 Å². The zero-order chi connectivity index (χ0) is 31.1. The van der Waals surface area contributed by atoms with Gasteiger partial charge < -0.3 is 10.6 Å². The number of nitrogens with one attached hydrogen (secondary N) is 4. The number of benzene rings is 3. The van der Waals surface area contributed by atoms with Crippen molar-refractivity contribution in [3.05, 3.63) is 115 Å². The van der Waals surface area contributed by atoms with Crippen molar-refractivity contribution in [1.29, 1.82) is 5.26 Å². The van der Waals surface area contributed by atoms with E-state index in [1.54, 1.807) is 43.4 Å². The smallest absolute Gasteiger partial charge is 0.259 e. The molecule has 0 aliphatic rings. The lowest BCUT2D eigenvalue weighted by molar-refractivity contribution is 0.816. The summed E-state index contributed by atoms with van der Waals surface area (Å²) in [5.74, 6) is 0.881. The van der Waals surface area contributed by atoms with Crippen molar-refractivity contribution < 1.29 is 0 Å². The van der Waals surface area contributed by atoms with Crippen LogP contribution in [0.1, 0.15) is 16.7 Å². The second-order valence-corrected chi connectivity index (χ2v) is 10.8. The lowest BCUT2D eigenvalue weighted by Gasteiger charge is -2.16. The Balaban J connectivity index is 1.42. The number of nitrogens with zero attached hydrogens (tertiary/aromatic N) is 6. The molecule has 0 bridgehead atoms. The van der Waals surface area contributed by atoms with Crippen LogP contribution in [0.3, 0.4) is 0 Å². The van der Waals surface area contributed by atoms with Gasteiger partial charge in [-0.15, -0.1) is 0 Å².